The highest BCUT2D eigenvalue weighted by atomic mass is 16.3. The van der Waals surface area contributed by atoms with Crippen molar-refractivity contribution in [2.24, 2.45) is 10.8 Å². The lowest BCUT2D eigenvalue weighted by Crippen LogP contribution is -2.28. The molecule has 0 spiro atoms. The predicted molar refractivity (Wildman–Crippen MR) is 183 cm³/mol. The Balaban J connectivity index is 1.90. The van der Waals surface area contributed by atoms with Crippen molar-refractivity contribution in [1.82, 2.24) is 0 Å². The molecule has 0 aromatic heterocycles. The van der Waals surface area contributed by atoms with Crippen LogP contribution in [0.4, 0.5) is 0 Å². The third kappa shape index (κ3) is 11.7. The number of hydrogen-bond donors (Lipinski definition) is 1. The third-order valence-electron chi connectivity index (χ3n) is 7.88. The van der Waals surface area contributed by atoms with Gasteiger partial charge in [0, 0.05) is 5.41 Å². The highest BCUT2D eigenvalue weighted by Gasteiger charge is 2.31. The maximum atomic E-state index is 10.1. The molecule has 0 radical (unpaired) electrons. The molecule has 0 saturated carbocycles. The second kappa shape index (κ2) is 15.7. The number of aliphatic hydroxyl groups is 1. The lowest BCUT2D eigenvalue weighted by molar-refractivity contribution is 0.116. The van der Waals surface area contributed by atoms with Crippen molar-refractivity contribution < 1.29 is 5.11 Å². The van der Waals surface area contributed by atoms with Crippen molar-refractivity contribution in [3.05, 3.63) is 142 Å². The van der Waals surface area contributed by atoms with Crippen LogP contribution >= 0.6 is 0 Å². The average Bonchev–Trinajstić information content (AvgIpc) is 2.84. The van der Waals surface area contributed by atoms with Crippen LogP contribution in [0.2, 0.25) is 0 Å². The first kappa shape index (κ1) is 34.0. The summed E-state index contributed by atoms with van der Waals surface area (Å²) in [6.45, 7) is 21.9. The van der Waals surface area contributed by atoms with E-state index in [0.29, 0.717) is 0 Å². The fourth-order valence-electron chi connectivity index (χ4n) is 5.59. The van der Waals surface area contributed by atoms with Gasteiger partial charge < -0.3 is 5.11 Å². The monoisotopic (exact) mass is 550 g/mol. The van der Waals surface area contributed by atoms with Crippen LogP contribution < -0.4 is 0 Å². The van der Waals surface area contributed by atoms with Crippen molar-refractivity contribution >= 4 is 0 Å². The fraction of sp³-hybridized carbons (Fsp3) is 0.400. The minimum Gasteiger partial charge on any atom is -0.393 e. The highest BCUT2D eigenvalue weighted by Crippen LogP contribution is 2.41. The zero-order valence-electron chi connectivity index (χ0n) is 27.4. The lowest BCUT2D eigenvalue weighted by atomic mass is 9.71. The normalized spacial score (nSPS) is 23.1. The molecule has 0 unspecified atom stereocenters. The van der Waals surface area contributed by atoms with Crippen molar-refractivity contribution in [2.45, 2.75) is 94.6 Å². The molecule has 41 heavy (non-hydrogen) atoms. The first-order valence-corrected chi connectivity index (χ1v) is 15.1. The molecule has 0 fully saturated rings. The van der Waals surface area contributed by atoms with E-state index in [1.54, 1.807) is 0 Å². The molecule has 0 amide bonds. The van der Waals surface area contributed by atoms with Gasteiger partial charge in [-0.3, -0.25) is 0 Å². The first-order chi connectivity index (χ1) is 19.2. The smallest absolute Gasteiger partial charge is 0.0585 e. The van der Waals surface area contributed by atoms with Gasteiger partial charge in [-0.15, -0.1) is 0 Å². The summed E-state index contributed by atoms with van der Waals surface area (Å²) in [6.07, 6.45) is 37.2. The van der Waals surface area contributed by atoms with Crippen LogP contribution in [0.15, 0.2) is 142 Å². The molecular formula is C40H54O. The highest BCUT2D eigenvalue weighted by molar-refractivity contribution is 5.41. The van der Waals surface area contributed by atoms with E-state index < -0.39 is 0 Å². The maximum absolute atomic E-state index is 10.1. The van der Waals surface area contributed by atoms with E-state index >= 15 is 0 Å². The molecule has 0 heterocycles. The molecule has 1 atom stereocenters. The first-order valence-electron chi connectivity index (χ1n) is 15.1. The Morgan fingerprint density at radius 3 is 1.63 bits per heavy atom. The SMILES string of the molecule is CC1=C(/C=C/C(C)=C/C=C/C(C)=C/C=C/C=C(C)/C=C/C=C(C)/C=C/C2=C(C)C[C@@H](O)CC2(C)C)C(C)(C)C=CC1. The van der Waals surface area contributed by atoms with E-state index in [1.165, 1.54) is 44.6 Å². The zero-order valence-corrected chi connectivity index (χ0v) is 27.4. The molecule has 0 aromatic rings. The molecular weight excluding hydrogens is 496 g/mol. The Kier molecular flexibility index (Phi) is 13.1. The van der Waals surface area contributed by atoms with Gasteiger partial charge in [-0.1, -0.05) is 158 Å². The standard InChI is InChI=1S/C40H54O/c1-30(18-13-20-32(3)23-25-37-34(5)22-15-27-39(37,7)8)16-11-12-17-31(2)19-14-21-33(4)24-26-38-35(6)28-36(41)29-40(38,9)10/h11-21,23-27,36,41H,22,28-29H2,1-10H3/b12-11+,18-13+,19-14+,25-23+,26-24+,30-16+,31-17+,32-20+,33-21+/t36-/m1/s1. The Bertz CT molecular complexity index is 1300. The molecule has 1 nitrogen and oxygen atoms in total. The largest absolute Gasteiger partial charge is 0.393 e. The topological polar surface area (TPSA) is 20.2 Å². The predicted octanol–water partition coefficient (Wildman–Crippen LogP) is 11.4. The van der Waals surface area contributed by atoms with Crippen molar-refractivity contribution in [2.75, 3.05) is 0 Å². The Labute approximate surface area is 251 Å². The summed E-state index contributed by atoms with van der Waals surface area (Å²) in [5, 5.41) is 10.1. The molecule has 0 saturated heterocycles. The molecule has 220 valence electrons. The van der Waals surface area contributed by atoms with Gasteiger partial charge >= 0.3 is 0 Å². The minimum atomic E-state index is -0.222. The molecule has 0 bridgehead atoms. The molecule has 0 aromatic carbocycles. The van der Waals surface area contributed by atoms with Crippen molar-refractivity contribution in [3.63, 3.8) is 0 Å². The Morgan fingerprint density at radius 2 is 1.15 bits per heavy atom. The van der Waals surface area contributed by atoms with Crippen LogP contribution in [0.25, 0.3) is 0 Å². The summed E-state index contributed by atoms with van der Waals surface area (Å²) < 4.78 is 0. The molecule has 2 aliphatic carbocycles. The van der Waals surface area contributed by atoms with E-state index in [-0.39, 0.29) is 16.9 Å². The summed E-state index contributed by atoms with van der Waals surface area (Å²) >= 11 is 0. The number of allylic oxidation sites excluding steroid dienone is 23. The van der Waals surface area contributed by atoms with Crippen LogP contribution in [0.1, 0.15) is 88.5 Å². The summed E-state index contributed by atoms with van der Waals surface area (Å²) in [5.41, 5.74) is 10.5. The second-order valence-electron chi connectivity index (χ2n) is 13.1. The van der Waals surface area contributed by atoms with Crippen LogP contribution in [0.5, 0.6) is 0 Å². The molecule has 0 aliphatic heterocycles. The van der Waals surface area contributed by atoms with Gasteiger partial charge in [-0.05, 0) is 77.4 Å². The third-order valence-corrected chi connectivity index (χ3v) is 7.88. The molecule has 2 aliphatic rings. The van der Waals surface area contributed by atoms with E-state index in [0.717, 1.165) is 19.3 Å². The summed E-state index contributed by atoms with van der Waals surface area (Å²) in [5.74, 6) is 0. The molecule has 2 rings (SSSR count). The second-order valence-corrected chi connectivity index (χ2v) is 13.1. The lowest BCUT2D eigenvalue weighted by Gasteiger charge is -2.35. The number of aliphatic hydroxyl groups excluding tert-OH is 1. The maximum Gasteiger partial charge on any atom is 0.0585 e. The van der Waals surface area contributed by atoms with Crippen LogP contribution in [0, 0.1) is 10.8 Å². The molecule has 1 heteroatoms. The van der Waals surface area contributed by atoms with Crippen molar-refractivity contribution in [1.29, 1.82) is 0 Å². The Morgan fingerprint density at radius 1 is 0.683 bits per heavy atom. The zero-order chi connectivity index (χ0) is 30.6. The summed E-state index contributed by atoms with van der Waals surface area (Å²) in [7, 11) is 0. The van der Waals surface area contributed by atoms with Gasteiger partial charge in [-0.25, -0.2) is 0 Å². The van der Waals surface area contributed by atoms with E-state index in [4.69, 9.17) is 0 Å². The summed E-state index contributed by atoms with van der Waals surface area (Å²) in [6, 6.07) is 0. The van der Waals surface area contributed by atoms with E-state index in [9.17, 15) is 5.11 Å². The van der Waals surface area contributed by atoms with E-state index in [2.05, 4.69) is 166 Å². The van der Waals surface area contributed by atoms with Gasteiger partial charge in [0.25, 0.3) is 0 Å². The van der Waals surface area contributed by atoms with Gasteiger partial charge in [0.2, 0.25) is 0 Å². The molecule has 1 N–H and O–H groups in total. The number of rotatable bonds is 10. The van der Waals surface area contributed by atoms with Crippen molar-refractivity contribution in [3.8, 4) is 0 Å². The minimum absolute atomic E-state index is 0.0110. The van der Waals surface area contributed by atoms with Crippen LogP contribution in [0.3, 0.4) is 0 Å². The number of hydrogen-bond acceptors (Lipinski definition) is 1. The van der Waals surface area contributed by atoms with Crippen LogP contribution in [-0.4, -0.2) is 11.2 Å². The Hall–Kier alpha value is -3.16. The van der Waals surface area contributed by atoms with E-state index in [1.807, 2.05) is 0 Å². The van der Waals surface area contributed by atoms with Gasteiger partial charge in [0.1, 0.15) is 0 Å². The average molecular weight is 551 g/mol. The van der Waals surface area contributed by atoms with Gasteiger partial charge in [-0.2, -0.15) is 0 Å². The summed E-state index contributed by atoms with van der Waals surface area (Å²) in [4.78, 5) is 0. The fourth-order valence-corrected chi connectivity index (χ4v) is 5.59. The van der Waals surface area contributed by atoms with Gasteiger partial charge in [0.15, 0.2) is 0 Å². The quantitative estimate of drug-likeness (QED) is 0.212. The van der Waals surface area contributed by atoms with Gasteiger partial charge in [0.05, 0.1) is 6.10 Å². The van der Waals surface area contributed by atoms with Crippen LogP contribution in [-0.2, 0) is 0 Å².